The lowest BCUT2D eigenvalue weighted by molar-refractivity contribution is -0.121. The number of hydrogen-bond acceptors (Lipinski definition) is 2. The maximum atomic E-state index is 12.8. The van der Waals surface area contributed by atoms with Crippen LogP contribution >= 0.6 is 11.6 Å². The summed E-state index contributed by atoms with van der Waals surface area (Å²) in [5, 5.41) is 6.15. The number of halogens is 2. The summed E-state index contributed by atoms with van der Waals surface area (Å²) in [6, 6.07) is 12.8. The molecule has 0 fully saturated rings. The van der Waals surface area contributed by atoms with Gasteiger partial charge in [0.05, 0.1) is 0 Å². The molecular formula is C19H20ClFN2O2. The lowest BCUT2D eigenvalue weighted by atomic mass is 10.1. The maximum absolute atomic E-state index is 12.8. The van der Waals surface area contributed by atoms with Gasteiger partial charge in [0.25, 0.3) is 5.91 Å². The molecule has 0 aliphatic carbocycles. The first-order valence-electron chi connectivity index (χ1n) is 8.09. The first kappa shape index (κ1) is 18.9. The van der Waals surface area contributed by atoms with Crippen molar-refractivity contribution < 1.29 is 14.0 Å². The van der Waals surface area contributed by atoms with Crippen LogP contribution in [0.1, 0.15) is 28.8 Å². The van der Waals surface area contributed by atoms with E-state index in [4.69, 9.17) is 11.6 Å². The number of nitrogens with one attached hydrogen (secondary N) is 2. The van der Waals surface area contributed by atoms with Gasteiger partial charge in [0, 0.05) is 30.1 Å². The molecule has 0 saturated heterocycles. The minimum absolute atomic E-state index is 0.0668. The molecule has 0 aliphatic rings. The molecule has 0 unspecified atom stereocenters. The van der Waals surface area contributed by atoms with Crippen LogP contribution in [0.4, 0.5) is 4.39 Å². The number of benzene rings is 2. The predicted molar refractivity (Wildman–Crippen MR) is 96.1 cm³/mol. The number of rotatable bonds is 8. The van der Waals surface area contributed by atoms with Crippen molar-refractivity contribution in [3.05, 3.63) is 70.5 Å². The number of amides is 2. The van der Waals surface area contributed by atoms with E-state index in [0.717, 1.165) is 5.56 Å². The molecule has 25 heavy (non-hydrogen) atoms. The van der Waals surface area contributed by atoms with Crippen LogP contribution in [-0.2, 0) is 11.2 Å². The van der Waals surface area contributed by atoms with Gasteiger partial charge < -0.3 is 10.6 Å². The van der Waals surface area contributed by atoms with Crippen molar-refractivity contribution in [3.8, 4) is 0 Å². The fourth-order valence-corrected chi connectivity index (χ4v) is 2.37. The molecule has 0 spiro atoms. The van der Waals surface area contributed by atoms with Gasteiger partial charge in [0.1, 0.15) is 5.82 Å². The van der Waals surface area contributed by atoms with Gasteiger partial charge in [-0.3, -0.25) is 9.59 Å². The molecule has 2 N–H and O–H groups in total. The Morgan fingerprint density at radius 1 is 0.920 bits per heavy atom. The minimum atomic E-state index is -0.270. The van der Waals surface area contributed by atoms with Crippen LogP contribution in [0.15, 0.2) is 48.5 Å². The summed E-state index contributed by atoms with van der Waals surface area (Å²) < 4.78 is 12.8. The molecular weight excluding hydrogens is 343 g/mol. The van der Waals surface area contributed by atoms with Crippen molar-refractivity contribution in [2.24, 2.45) is 0 Å². The lowest BCUT2D eigenvalue weighted by Crippen LogP contribution is -2.28. The van der Waals surface area contributed by atoms with Crippen LogP contribution in [0.2, 0.25) is 5.02 Å². The Morgan fingerprint density at radius 2 is 1.60 bits per heavy atom. The van der Waals surface area contributed by atoms with Crippen LogP contribution in [0, 0.1) is 5.82 Å². The van der Waals surface area contributed by atoms with Crippen LogP contribution in [0.5, 0.6) is 0 Å². The highest BCUT2D eigenvalue weighted by Gasteiger charge is 2.05. The van der Waals surface area contributed by atoms with E-state index in [0.29, 0.717) is 42.9 Å². The Balaban J connectivity index is 1.58. The van der Waals surface area contributed by atoms with E-state index in [9.17, 15) is 14.0 Å². The van der Waals surface area contributed by atoms with Crippen LogP contribution in [-0.4, -0.2) is 24.9 Å². The second-order valence-electron chi connectivity index (χ2n) is 5.59. The van der Waals surface area contributed by atoms with E-state index in [1.165, 1.54) is 12.1 Å². The Hall–Kier alpha value is -2.40. The second kappa shape index (κ2) is 9.79. The smallest absolute Gasteiger partial charge is 0.251 e. The van der Waals surface area contributed by atoms with E-state index in [-0.39, 0.29) is 17.6 Å². The predicted octanol–water partition coefficient (Wildman–Crippen LogP) is 3.35. The van der Waals surface area contributed by atoms with Crippen molar-refractivity contribution in [2.45, 2.75) is 19.3 Å². The van der Waals surface area contributed by atoms with E-state index in [1.54, 1.807) is 36.4 Å². The second-order valence-corrected chi connectivity index (χ2v) is 6.03. The number of carbonyl (C=O) groups is 2. The van der Waals surface area contributed by atoms with E-state index < -0.39 is 0 Å². The Bertz CT molecular complexity index is 702. The highest BCUT2D eigenvalue weighted by molar-refractivity contribution is 6.30. The van der Waals surface area contributed by atoms with Crippen molar-refractivity contribution in [3.63, 3.8) is 0 Å². The Labute approximate surface area is 151 Å². The van der Waals surface area contributed by atoms with Crippen LogP contribution in [0.3, 0.4) is 0 Å². The molecule has 0 heterocycles. The molecule has 0 saturated carbocycles. The largest absolute Gasteiger partial charge is 0.356 e. The summed E-state index contributed by atoms with van der Waals surface area (Å²) in [4.78, 5) is 23.6. The highest BCUT2D eigenvalue weighted by atomic mass is 35.5. The summed E-state index contributed by atoms with van der Waals surface area (Å²) >= 11 is 5.77. The zero-order chi connectivity index (χ0) is 18.1. The number of hydrogen-bond donors (Lipinski definition) is 2. The molecule has 2 aromatic carbocycles. The third kappa shape index (κ3) is 6.93. The molecule has 2 amide bonds. The molecule has 0 aliphatic heterocycles. The molecule has 6 heteroatoms. The summed E-state index contributed by atoms with van der Waals surface area (Å²) in [7, 11) is 0. The molecule has 0 radical (unpaired) electrons. The van der Waals surface area contributed by atoms with E-state index in [1.807, 2.05) is 0 Å². The fraction of sp³-hybridized carbons (Fsp3) is 0.263. The van der Waals surface area contributed by atoms with Crippen molar-refractivity contribution in [1.29, 1.82) is 0 Å². The normalized spacial score (nSPS) is 10.3. The van der Waals surface area contributed by atoms with Gasteiger partial charge in [-0.25, -0.2) is 4.39 Å². The fourth-order valence-electron chi connectivity index (χ4n) is 2.24. The summed E-state index contributed by atoms with van der Waals surface area (Å²) in [5.74, 6) is -0.523. The quantitative estimate of drug-likeness (QED) is 0.707. The SMILES string of the molecule is O=C(CCCNC(=O)c1ccc(Cl)cc1)NCCc1ccc(F)cc1. The Morgan fingerprint density at radius 3 is 2.28 bits per heavy atom. The standard InChI is InChI=1S/C19H20ClFN2O2/c20-16-7-5-15(6-8-16)19(25)23-12-1-2-18(24)22-13-11-14-3-9-17(21)10-4-14/h3-10H,1-2,11-13H2,(H,22,24)(H,23,25). The molecule has 2 rings (SSSR count). The monoisotopic (exact) mass is 362 g/mol. The first-order chi connectivity index (χ1) is 12.0. The zero-order valence-corrected chi connectivity index (χ0v) is 14.5. The minimum Gasteiger partial charge on any atom is -0.356 e. The van der Waals surface area contributed by atoms with Gasteiger partial charge in [-0.15, -0.1) is 0 Å². The molecule has 0 aromatic heterocycles. The van der Waals surface area contributed by atoms with Crippen molar-refractivity contribution in [1.82, 2.24) is 10.6 Å². The zero-order valence-electron chi connectivity index (χ0n) is 13.7. The van der Waals surface area contributed by atoms with Crippen LogP contribution in [0.25, 0.3) is 0 Å². The molecule has 2 aromatic rings. The summed E-state index contributed by atoms with van der Waals surface area (Å²) in [6.07, 6.45) is 1.55. The molecule has 4 nitrogen and oxygen atoms in total. The lowest BCUT2D eigenvalue weighted by Gasteiger charge is -2.07. The summed E-state index contributed by atoms with van der Waals surface area (Å²) in [6.45, 7) is 0.925. The van der Waals surface area contributed by atoms with Crippen molar-refractivity contribution in [2.75, 3.05) is 13.1 Å². The average molecular weight is 363 g/mol. The van der Waals surface area contributed by atoms with Gasteiger partial charge in [-0.05, 0) is 54.8 Å². The van der Waals surface area contributed by atoms with Gasteiger partial charge in [0.15, 0.2) is 0 Å². The van der Waals surface area contributed by atoms with Crippen molar-refractivity contribution >= 4 is 23.4 Å². The third-order valence-corrected chi connectivity index (χ3v) is 3.87. The third-order valence-electron chi connectivity index (χ3n) is 3.62. The van der Waals surface area contributed by atoms with Gasteiger partial charge >= 0.3 is 0 Å². The summed E-state index contributed by atoms with van der Waals surface area (Å²) in [5.41, 5.74) is 1.50. The maximum Gasteiger partial charge on any atom is 0.251 e. The highest BCUT2D eigenvalue weighted by Crippen LogP contribution is 2.09. The first-order valence-corrected chi connectivity index (χ1v) is 8.47. The molecule has 0 atom stereocenters. The van der Waals surface area contributed by atoms with Gasteiger partial charge in [0.2, 0.25) is 5.91 Å². The average Bonchev–Trinajstić information content (AvgIpc) is 2.61. The van der Waals surface area contributed by atoms with Gasteiger partial charge in [-0.2, -0.15) is 0 Å². The van der Waals surface area contributed by atoms with E-state index >= 15 is 0 Å². The van der Waals surface area contributed by atoms with Gasteiger partial charge in [-0.1, -0.05) is 23.7 Å². The topological polar surface area (TPSA) is 58.2 Å². The van der Waals surface area contributed by atoms with E-state index in [2.05, 4.69) is 10.6 Å². The number of carbonyl (C=O) groups excluding carboxylic acids is 2. The van der Waals surface area contributed by atoms with Crippen LogP contribution < -0.4 is 10.6 Å². The molecule has 0 bridgehead atoms. The Kier molecular flexibility index (Phi) is 7.41. The molecule has 132 valence electrons.